The van der Waals surface area contributed by atoms with E-state index in [0.29, 0.717) is 11.4 Å². The average molecular weight is 385 g/mol. The van der Waals surface area contributed by atoms with Crippen LogP contribution in [0.25, 0.3) is 6.08 Å². The number of benzene rings is 2. The Hall–Kier alpha value is -2.58. The summed E-state index contributed by atoms with van der Waals surface area (Å²) in [4.78, 5) is 12.3. The van der Waals surface area contributed by atoms with Crippen molar-refractivity contribution in [2.45, 2.75) is 13.8 Å². The standard InChI is InChI=1S/C19H17BrN2O2/c1-12-6-13(2)8-16(7-12)22-19(23)15(11-21)9-14-4-5-18(24-3)17(20)10-14/h4-10H,1-3H3,(H,22,23)/b15-9-. The van der Waals surface area contributed by atoms with Gasteiger partial charge in [0.05, 0.1) is 11.6 Å². The molecule has 2 rings (SSSR count). The monoisotopic (exact) mass is 384 g/mol. The van der Waals surface area contributed by atoms with E-state index in [1.807, 2.05) is 38.1 Å². The maximum absolute atomic E-state index is 12.3. The van der Waals surface area contributed by atoms with Crippen molar-refractivity contribution < 1.29 is 9.53 Å². The highest BCUT2D eigenvalue weighted by Gasteiger charge is 2.10. The normalized spacial score (nSPS) is 10.9. The van der Waals surface area contributed by atoms with Crippen molar-refractivity contribution in [3.05, 3.63) is 63.1 Å². The van der Waals surface area contributed by atoms with E-state index in [0.717, 1.165) is 21.2 Å². The molecule has 1 N–H and O–H groups in total. The topological polar surface area (TPSA) is 62.1 Å². The second-order valence-corrected chi connectivity index (χ2v) is 6.25. The number of hydrogen-bond donors (Lipinski definition) is 1. The van der Waals surface area contributed by atoms with Gasteiger partial charge < -0.3 is 10.1 Å². The number of carbonyl (C=O) groups excluding carboxylic acids is 1. The number of halogens is 1. The van der Waals surface area contributed by atoms with Gasteiger partial charge in [0.1, 0.15) is 17.4 Å². The van der Waals surface area contributed by atoms with E-state index < -0.39 is 5.91 Å². The van der Waals surface area contributed by atoms with E-state index in [9.17, 15) is 10.1 Å². The lowest BCUT2D eigenvalue weighted by atomic mass is 10.1. The molecule has 0 aliphatic carbocycles. The Morgan fingerprint density at radius 3 is 2.42 bits per heavy atom. The molecule has 0 spiro atoms. The van der Waals surface area contributed by atoms with Crippen molar-refractivity contribution in [3.63, 3.8) is 0 Å². The predicted molar refractivity (Wildman–Crippen MR) is 98.8 cm³/mol. The first-order chi connectivity index (χ1) is 11.4. The molecule has 0 saturated carbocycles. The van der Waals surface area contributed by atoms with Crippen molar-refractivity contribution in [2.75, 3.05) is 12.4 Å². The smallest absolute Gasteiger partial charge is 0.266 e. The van der Waals surface area contributed by atoms with Gasteiger partial charge in [-0.25, -0.2) is 0 Å². The van der Waals surface area contributed by atoms with E-state index in [1.54, 1.807) is 31.4 Å². The van der Waals surface area contributed by atoms with E-state index in [-0.39, 0.29) is 5.57 Å². The summed E-state index contributed by atoms with van der Waals surface area (Å²) in [6, 6.07) is 13.0. The van der Waals surface area contributed by atoms with Crippen LogP contribution in [0.2, 0.25) is 0 Å². The molecule has 122 valence electrons. The minimum absolute atomic E-state index is 0.0335. The summed E-state index contributed by atoms with van der Waals surface area (Å²) in [5.41, 5.74) is 3.54. The maximum atomic E-state index is 12.3. The molecule has 0 bridgehead atoms. The van der Waals surface area contributed by atoms with Crippen LogP contribution in [0, 0.1) is 25.2 Å². The Kier molecular flexibility index (Phi) is 5.78. The molecule has 0 atom stereocenters. The first-order valence-electron chi connectivity index (χ1n) is 7.28. The van der Waals surface area contributed by atoms with E-state index in [2.05, 4.69) is 21.2 Å². The zero-order valence-electron chi connectivity index (χ0n) is 13.7. The summed E-state index contributed by atoms with van der Waals surface area (Å²) in [5, 5.41) is 12.1. The lowest BCUT2D eigenvalue weighted by Gasteiger charge is -2.07. The van der Waals surface area contributed by atoms with Gasteiger partial charge in [0.15, 0.2) is 0 Å². The highest BCUT2D eigenvalue weighted by Crippen LogP contribution is 2.26. The molecule has 24 heavy (non-hydrogen) atoms. The molecule has 4 nitrogen and oxygen atoms in total. The summed E-state index contributed by atoms with van der Waals surface area (Å²) < 4.78 is 5.92. The molecular weight excluding hydrogens is 368 g/mol. The summed E-state index contributed by atoms with van der Waals surface area (Å²) in [6.07, 6.45) is 1.54. The van der Waals surface area contributed by atoms with Crippen LogP contribution in [0.4, 0.5) is 5.69 Å². The number of ether oxygens (including phenoxy) is 1. The van der Waals surface area contributed by atoms with Gasteiger partial charge in [-0.1, -0.05) is 12.1 Å². The predicted octanol–water partition coefficient (Wildman–Crippen LogP) is 4.62. The highest BCUT2D eigenvalue weighted by atomic mass is 79.9. The van der Waals surface area contributed by atoms with Gasteiger partial charge in [0, 0.05) is 5.69 Å². The summed E-state index contributed by atoms with van der Waals surface area (Å²) in [6.45, 7) is 3.91. The van der Waals surface area contributed by atoms with Crippen LogP contribution in [-0.4, -0.2) is 13.0 Å². The zero-order chi connectivity index (χ0) is 17.7. The van der Waals surface area contributed by atoms with E-state index >= 15 is 0 Å². The number of rotatable bonds is 4. The third-order valence-electron chi connectivity index (χ3n) is 3.33. The molecule has 0 saturated heterocycles. The molecule has 0 unspecified atom stereocenters. The van der Waals surface area contributed by atoms with Crippen molar-refractivity contribution in [1.29, 1.82) is 5.26 Å². The van der Waals surface area contributed by atoms with Crippen molar-refractivity contribution >= 4 is 33.6 Å². The lowest BCUT2D eigenvalue weighted by Crippen LogP contribution is -2.13. The number of aryl methyl sites for hydroxylation is 2. The van der Waals surface area contributed by atoms with Crippen LogP contribution < -0.4 is 10.1 Å². The fraction of sp³-hybridized carbons (Fsp3) is 0.158. The van der Waals surface area contributed by atoms with Crippen LogP contribution >= 0.6 is 15.9 Å². The minimum Gasteiger partial charge on any atom is -0.496 e. The molecule has 2 aromatic rings. The number of methoxy groups -OCH3 is 1. The number of carbonyl (C=O) groups is 1. The first-order valence-corrected chi connectivity index (χ1v) is 8.07. The van der Waals surface area contributed by atoms with Gasteiger partial charge in [-0.05, 0) is 76.8 Å². The number of nitrogens with one attached hydrogen (secondary N) is 1. The van der Waals surface area contributed by atoms with Gasteiger partial charge in [0.25, 0.3) is 5.91 Å². The second-order valence-electron chi connectivity index (χ2n) is 5.39. The highest BCUT2D eigenvalue weighted by molar-refractivity contribution is 9.10. The average Bonchev–Trinajstić information content (AvgIpc) is 2.51. The molecule has 1 amide bonds. The third kappa shape index (κ3) is 4.46. The fourth-order valence-electron chi connectivity index (χ4n) is 2.33. The van der Waals surface area contributed by atoms with Gasteiger partial charge in [-0.15, -0.1) is 0 Å². The number of hydrogen-bond acceptors (Lipinski definition) is 3. The van der Waals surface area contributed by atoms with Crippen LogP contribution in [0.15, 0.2) is 46.4 Å². The Morgan fingerprint density at radius 2 is 1.88 bits per heavy atom. The van der Waals surface area contributed by atoms with Crippen LogP contribution in [0.3, 0.4) is 0 Å². The maximum Gasteiger partial charge on any atom is 0.266 e. The second kappa shape index (κ2) is 7.80. The van der Waals surface area contributed by atoms with E-state index in [1.165, 1.54) is 0 Å². The molecule has 5 heteroatoms. The number of anilines is 1. The van der Waals surface area contributed by atoms with Crippen molar-refractivity contribution in [3.8, 4) is 11.8 Å². The zero-order valence-corrected chi connectivity index (χ0v) is 15.3. The molecule has 0 fully saturated rings. The Bertz CT molecular complexity index is 831. The van der Waals surface area contributed by atoms with Gasteiger partial charge in [0.2, 0.25) is 0 Å². The fourth-order valence-corrected chi connectivity index (χ4v) is 2.89. The SMILES string of the molecule is COc1ccc(/C=C(/C#N)C(=O)Nc2cc(C)cc(C)c2)cc1Br. The summed E-state index contributed by atoms with van der Waals surface area (Å²) in [7, 11) is 1.58. The Labute approximate surface area is 149 Å². The van der Waals surface area contributed by atoms with Gasteiger partial charge in [-0.2, -0.15) is 5.26 Å². The molecule has 2 aromatic carbocycles. The molecule has 0 heterocycles. The van der Waals surface area contributed by atoms with Gasteiger partial charge >= 0.3 is 0 Å². The van der Waals surface area contributed by atoms with E-state index in [4.69, 9.17) is 4.74 Å². The van der Waals surface area contributed by atoms with Crippen LogP contribution in [0.5, 0.6) is 5.75 Å². The first kappa shape index (κ1) is 17.8. The number of nitriles is 1. The Balaban J connectivity index is 2.25. The molecule has 0 aliphatic heterocycles. The summed E-state index contributed by atoms with van der Waals surface area (Å²) >= 11 is 3.39. The van der Waals surface area contributed by atoms with Crippen molar-refractivity contribution in [1.82, 2.24) is 0 Å². The lowest BCUT2D eigenvalue weighted by molar-refractivity contribution is -0.112. The minimum atomic E-state index is -0.436. The number of nitrogens with zero attached hydrogens (tertiary/aromatic N) is 1. The molecule has 0 aromatic heterocycles. The van der Waals surface area contributed by atoms with Crippen molar-refractivity contribution in [2.24, 2.45) is 0 Å². The Morgan fingerprint density at radius 1 is 1.21 bits per heavy atom. The quantitative estimate of drug-likeness (QED) is 0.617. The summed E-state index contributed by atoms with van der Waals surface area (Å²) in [5.74, 6) is 0.250. The molecular formula is C19H17BrN2O2. The number of amides is 1. The largest absolute Gasteiger partial charge is 0.496 e. The van der Waals surface area contributed by atoms with Crippen LogP contribution in [-0.2, 0) is 4.79 Å². The van der Waals surface area contributed by atoms with Crippen LogP contribution in [0.1, 0.15) is 16.7 Å². The molecule has 0 radical (unpaired) electrons. The molecule has 0 aliphatic rings. The third-order valence-corrected chi connectivity index (χ3v) is 3.95. The van der Waals surface area contributed by atoms with Gasteiger partial charge in [-0.3, -0.25) is 4.79 Å².